The third-order valence-corrected chi connectivity index (χ3v) is 5.74. The van der Waals surface area contributed by atoms with Gasteiger partial charge in [-0.25, -0.2) is 4.39 Å². The first-order chi connectivity index (χ1) is 15.8. The van der Waals surface area contributed by atoms with Gasteiger partial charge in [-0.1, -0.05) is 12.1 Å². The number of carbonyl (C=O) groups excluding carboxylic acids is 3. The molecule has 2 rings (SSSR count). The smallest absolute Gasteiger partial charge is 0.254 e. The van der Waals surface area contributed by atoms with Crippen molar-refractivity contribution in [1.29, 1.82) is 0 Å². The summed E-state index contributed by atoms with van der Waals surface area (Å²) in [5.74, 6) is -0.513. The zero-order valence-corrected chi connectivity index (χ0v) is 19.7. The van der Waals surface area contributed by atoms with Crippen LogP contribution in [-0.4, -0.2) is 56.7 Å². The van der Waals surface area contributed by atoms with Crippen molar-refractivity contribution in [1.82, 2.24) is 20.9 Å². The fourth-order valence-electron chi connectivity index (χ4n) is 3.87. The average molecular weight is 459 g/mol. The molecular formula is C25H35FN4O3. The molecule has 0 aromatic heterocycles. The van der Waals surface area contributed by atoms with Gasteiger partial charge in [0.2, 0.25) is 0 Å². The first-order valence-electron chi connectivity index (χ1n) is 11.4. The molecule has 0 saturated carbocycles. The van der Waals surface area contributed by atoms with E-state index in [1.807, 2.05) is 0 Å². The van der Waals surface area contributed by atoms with Crippen LogP contribution in [0.1, 0.15) is 36.8 Å². The lowest BCUT2D eigenvalue weighted by Gasteiger charge is -2.22. The Hall–Kier alpha value is -3.00. The van der Waals surface area contributed by atoms with E-state index < -0.39 is 5.91 Å². The second-order valence-electron chi connectivity index (χ2n) is 8.47. The minimum Gasteiger partial charge on any atom is -0.375 e. The van der Waals surface area contributed by atoms with Crippen molar-refractivity contribution < 1.29 is 18.8 Å². The van der Waals surface area contributed by atoms with Gasteiger partial charge in [0.1, 0.15) is 5.82 Å². The highest BCUT2D eigenvalue weighted by Gasteiger charge is 2.15. The van der Waals surface area contributed by atoms with Gasteiger partial charge in [0, 0.05) is 33.4 Å². The number of carbonyl (C=O) groups is 3. The molecule has 3 N–H and O–H groups in total. The maximum absolute atomic E-state index is 13.5. The molecule has 8 heteroatoms. The van der Waals surface area contributed by atoms with E-state index in [2.05, 4.69) is 16.0 Å². The molecule has 0 atom stereocenters. The first-order valence-corrected chi connectivity index (χ1v) is 11.4. The standard InChI is InChI=1S/C25H35FN4O3/c1-18-13-20(6-7-23(18)26)15-30(3)16-21(14-22(17-31)24(32)27-2)25(33)29-10-4-5-19-8-11-28-12-9-19/h6-7,13-14,16-17,19,28H,4-5,8-12,15H2,1-3H3,(H,27,32)(H,29,33)/b21-16+,22-14+. The molecule has 33 heavy (non-hydrogen) atoms. The normalized spacial score (nSPS) is 15.2. The lowest BCUT2D eigenvalue weighted by Crippen LogP contribution is -2.30. The van der Waals surface area contributed by atoms with Crippen molar-refractivity contribution in [3.05, 3.63) is 58.6 Å². The fourth-order valence-corrected chi connectivity index (χ4v) is 3.87. The van der Waals surface area contributed by atoms with Crippen LogP contribution in [0.2, 0.25) is 0 Å². The highest BCUT2D eigenvalue weighted by Crippen LogP contribution is 2.17. The number of likely N-dealkylation sites (N-methyl/N-ethyl adjacent to an activating group) is 1. The minimum absolute atomic E-state index is 0.139. The number of benzene rings is 1. The van der Waals surface area contributed by atoms with Gasteiger partial charge in [0.05, 0.1) is 11.1 Å². The lowest BCUT2D eigenvalue weighted by molar-refractivity contribution is -0.119. The number of rotatable bonds is 11. The fraction of sp³-hybridized carbons (Fsp3) is 0.480. The number of amides is 2. The van der Waals surface area contributed by atoms with Gasteiger partial charge in [-0.3, -0.25) is 14.4 Å². The Morgan fingerprint density at radius 1 is 1.21 bits per heavy atom. The predicted molar refractivity (Wildman–Crippen MR) is 127 cm³/mol. The molecular weight excluding hydrogens is 423 g/mol. The number of piperidine rings is 1. The molecule has 0 radical (unpaired) electrons. The van der Waals surface area contributed by atoms with Crippen LogP contribution in [0.4, 0.5) is 4.39 Å². The van der Waals surface area contributed by atoms with Crippen molar-refractivity contribution in [3.8, 4) is 0 Å². The molecule has 1 fully saturated rings. The number of halogens is 1. The zero-order valence-electron chi connectivity index (χ0n) is 19.7. The van der Waals surface area contributed by atoms with E-state index >= 15 is 0 Å². The highest BCUT2D eigenvalue weighted by molar-refractivity contribution is 6.12. The van der Waals surface area contributed by atoms with E-state index in [-0.39, 0.29) is 22.9 Å². The van der Waals surface area contributed by atoms with Crippen molar-refractivity contribution in [3.63, 3.8) is 0 Å². The summed E-state index contributed by atoms with van der Waals surface area (Å²) in [6, 6.07) is 4.84. The molecule has 180 valence electrons. The molecule has 1 aliphatic rings. The number of aryl methyl sites for hydroxylation is 1. The summed E-state index contributed by atoms with van der Waals surface area (Å²) in [6.45, 7) is 4.73. The van der Waals surface area contributed by atoms with Crippen LogP contribution in [0.25, 0.3) is 0 Å². The molecule has 1 aromatic carbocycles. The second-order valence-corrected chi connectivity index (χ2v) is 8.47. The summed E-state index contributed by atoms with van der Waals surface area (Å²) in [4.78, 5) is 38.0. The van der Waals surface area contributed by atoms with Crippen molar-refractivity contribution in [2.24, 2.45) is 5.92 Å². The molecule has 0 spiro atoms. The monoisotopic (exact) mass is 458 g/mol. The number of hydrogen-bond donors (Lipinski definition) is 3. The number of aldehydes is 1. The van der Waals surface area contributed by atoms with E-state index in [1.54, 1.807) is 37.2 Å². The Morgan fingerprint density at radius 2 is 1.94 bits per heavy atom. The average Bonchev–Trinajstić information content (AvgIpc) is 2.81. The van der Waals surface area contributed by atoms with Crippen LogP contribution in [-0.2, 0) is 20.9 Å². The second kappa shape index (κ2) is 13.5. The predicted octanol–water partition coefficient (Wildman–Crippen LogP) is 2.22. The van der Waals surface area contributed by atoms with Gasteiger partial charge in [-0.05, 0) is 74.9 Å². The van der Waals surface area contributed by atoms with Crippen molar-refractivity contribution in [2.75, 3.05) is 33.7 Å². The summed E-state index contributed by atoms with van der Waals surface area (Å²) in [5, 5.41) is 8.65. The van der Waals surface area contributed by atoms with E-state index in [9.17, 15) is 18.8 Å². The van der Waals surface area contributed by atoms with Gasteiger partial charge in [-0.2, -0.15) is 0 Å². The Labute approximate surface area is 195 Å². The number of nitrogens with one attached hydrogen (secondary N) is 3. The Bertz CT molecular complexity index is 892. The molecule has 1 saturated heterocycles. The van der Waals surface area contributed by atoms with Crippen LogP contribution in [0.15, 0.2) is 41.6 Å². The van der Waals surface area contributed by atoms with Gasteiger partial charge in [-0.15, -0.1) is 0 Å². The summed E-state index contributed by atoms with van der Waals surface area (Å²) in [5.41, 5.74) is 1.48. The van der Waals surface area contributed by atoms with Crippen molar-refractivity contribution in [2.45, 2.75) is 39.2 Å². The molecule has 2 amide bonds. The largest absolute Gasteiger partial charge is 0.375 e. The van der Waals surface area contributed by atoms with Crippen LogP contribution in [0.5, 0.6) is 0 Å². The molecule has 1 heterocycles. The summed E-state index contributed by atoms with van der Waals surface area (Å²) < 4.78 is 13.5. The van der Waals surface area contributed by atoms with E-state index in [0.29, 0.717) is 30.9 Å². The summed E-state index contributed by atoms with van der Waals surface area (Å²) in [7, 11) is 3.20. The third kappa shape index (κ3) is 8.81. The zero-order chi connectivity index (χ0) is 24.2. The molecule has 1 aliphatic heterocycles. The molecule has 7 nitrogen and oxygen atoms in total. The number of nitrogens with zero attached hydrogens (tertiary/aromatic N) is 1. The quantitative estimate of drug-likeness (QED) is 0.118. The SMILES string of the molecule is CNC(=O)/C(C=O)=C/C(=C\N(C)Cc1ccc(F)c(C)c1)C(=O)NCCCC1CCNCC1. The Balaban J connectivity index is 2.09. The third-order valence-electron chi connectivity index (χ3n) is 5.74. The molecule has 0 aliphatic carbocycles. The van der Waals surface area contributed by atoms with Gasteiger partial charge < -0.3 is 20.9 Å². The van der Waals surface area contributed by atoms with Gasteiger partial charge >= 0.3 is 0 Å². The summed E-state index contributed by atoms with van der Waals surface area (Å²) in [6.07, 6.45) is 7.55. The molecule has 0 bridgehead atoms. The topological polar surface area (TPSA) is 90.5 Å². The maximum atomic E-state index is 13.5. The van der Waals surface area contributed by atoms with Crippen LogP contribution in [0.3, 0.4) is 0 Å². The van der Waals surface area contributed by atoms with Gasteiger partial charge in [0.15, 0.2) is 6.29 Å². The van der Waals surface area contributed by atoms with Crippen LogP contribution in [0, 0.1) is 18.7 Å². The first kappa shape index (κ1) is 26.3. The van der Waals surface area contributed by atoms with Gasteiger partial charge in [0.25, 0.3) is 11.8 Å². The van der Waals surface area contributed by atoms with Crippen LogP contribution >= 0.6 is 0 Å². The van der Waals surface area contributed by atoms with Crippen molar-refractivity contribution >= 4 is 18.1 Å². The number of hydrogen-bond acceptors (Lipinski definition) is 5. The maximum Gasteiger partial charge on any atom is 0.254 e. The van der Waals surface area contributed by atoms with Crippen LogP contribution < -0.4 is 16.0 Å². The van der Waals surface area contributed by atoms with E-state index in [0.717, 1.165) is 44.3 Å². The highest BCUT2D eigenvalue weighted by atomic mass is 19.1. The Morgan fingerprint density at radius 3 is 2.58 bits per heavy atom. The van der Waals surface area contributed by atoms with E-state index in [1.165, 1.54) is 19.2 Å². The molecule has 1 aromatic rings. The van der Waals surface area contributed by atoms with E-state index in [4.69, 9.17) is 0 Å². The Kier molecular flexibility index (Phi) is 10.8. The summed E-state index contributed by atoms with van der Waals surface area (Å²) >= 11 is 0. The molecule has 0 unspecified atom stereocenters. The lowest BCUT2D eigenvalue weighted by atomic mass is 9.93. The minimum atomic E-state index is -0.563.